The smallest absolute Gasteiger partial charge is 0.416 e. The number of halogens is 3. The van der Waals surface area contributed by atoms with E-state index >= 15 is 0 Å². The highest BCUT2D eigenvalue weighted by Crippen LogP contribution is 2.61. The van der Waals surface area contributed by atoms with Crippen LogP contribution in [-0.2, 0) is 19.1 Å². The number of aliphatic hydroxyl groups excluding tert-OH is 1. The fourth-order valence-electron chi connectivity index (χ4n) is 7.27. The minimum atomic E-state index is -4.31. The summed E-state index contributed by atoms with van der Waals surface area (Å²) in [6.07, 6.45) is 5.07. The Morgan fingerprint density at radius 3 is 2.77 bits per heavy atom. The van der Waals surface area contributed by atoms with E-state index in [4.69, 9.17) is 9.84 Å². The highest BCUT2D eigenvalue weighted by molar-refractivity contribution is 5.41. The number of benzene rings is 2. The summed E-state index contributed by atoms with van der Waals surface area (Å²) >= 11 is 0. The van der Waals surface area contributed by atoms with Gasteiger partial charge in [0, 0.05) is 12.6 Å². The van der Waals surface area contributed by atoms with Crippen LogP contribution in [0.3, 0.4) is 0 Å². The molecule has 3 aliphatic rings. The fraction of sp³-hybridized carbons (Fsp3) is 0.517. The number of hydrogen-bond acceptors (Lipinski definition) is 3. The molecular formula is C29H34F3NO2. The zero-order chi connectivity index (χ0) is 24.6. The van der Waals surface area contributed by atoms with E-state index in [2.05, 4.69) is 24.4 Å². The van der Waals surface area contributed by atoms with Gasteiger partial charge in [0.1, 0.15) is 12.4 Å². The third kappa shape index (κ3) is 4.69. The van der Waals surface area contributed by atoms with Crippen LogP contribution in [0.15, 0.2) is 54.8 Å². The van der Waals surface area contributed by atoms with Crippen molar-refractivity contribution in [1.29, 1.82) is 0 Å². The molecule has 0 amide bonds. The van der Waals surface area contributed by atoms with Gasteiger partial charge in [0.15, 0.2) is 0 Å². The van der Waals surface area contributed by atoms with Crippen molar-refractivity contribution in [2.45, 2.75) is 70.1 Å². The van der Waals surface area contributed by atoms with E-state index in [-0.39, 0.29) is 5.41 Å². The molecule has 5 atom stereocenters. The summed E-state index contributed by atoms with van der Waals surface area (Å²) in [6, 6.07) is 12.5. The lowest BCUT2D eigenvalue weighted by Crippen LogP contribution is -2.48. The summed E-state index contributed by atoms with van der Waals surface area (Å²) in [5.41, 5.74) is 3.15. The van der Waals surface area contributed by atoms with Gasteiger partial charge in [0.05, 0.1) is 11.8 Å². The number of hydrogen-bond donors (Lipinski definition) is 2. The molecule has 0 aliphatic heterocycles. The van der Waals surface area contributed by atoms with Gasteiger partial charge in [-0.25, -0.2) is 0 Å². The summed E-state index contributed by atoms with van der Waals surface area (Å²) in [5, 5.41) is 12.5. The Morgan fingerprint density at radius 2 is 1.97 bits per heavy atom. The molecule has 0 spiro atoms. The van der Waals surface area contributed by atoms with Crippen LogP contribution >= 0.6 is 0 Å². The third-order valence-corrected chi connectivity index (χ3v) is 8.96. The number of nitrogens with one attached hydrogen (secondary N) is 1. The van der Waals surface area contributed by atoms with E-state index < -0.39 is 11.7 Å². The van der Waals surface area contributed by atoms with Crippen molar-refractivity contribution in [2.24, 2.45) is 17.3 Å². The Balaban J connectivity index is 1.27. The quantitative estimate of drug-likeness (QED) is 0.426. The molecule has 35 heavy (non-hydrogen) atoms. The van der Waals surface area contributed by atoms with Crippen molar-refractivity contribution in [3.8, 4) is 5.75 Å². The molecule has 0 bridgehead atoms. The average Bonchev–Trinajstić information content (AvgIpc) is 3.18. The molecule has 3 aliphatic carbocycles. The molecular weight excluding hydrogens is 451 g/mol. The Kier molecular flexibility index (Phi) is 6.60. The maximum Gasteiger partial charge on any atom is 0.416 e. The van der Waals surface area contributed by atoms with Gasteiger partial charge >= 0.3 is 6.18 Å². The van der Waals surface area contributed by atoms with Gasteiger partial charge in [-0.2, -0.15) is 13.2 Å². The summed E-state index contributed by atoms with van der Waals surface area (Å²) in [4.78, 5) is 0. The average molecular weight is 486 g/mol. The van der Waals surface area contributed by atoms with E-state index in [9.17, 15) is 13.2 Å². The van der Waals surface area contributed by atoms with Crippen LogP contribution < -0.4 is 10.1 Å². The van der Waals surface area contributed by atoms with Crippen molar-refractivity contribution < 1.29 is 23.0 Å². The Morgan fingerprint density at radius 1 is 1.11 bits per heavy atom. The summed E-state index contributed by atoms with van der Waals surface area (Å²) in [5.74, 6) is 2.72. The van der Waals surface area contributed by atoms with Gasteiger partial charge in [-0.1, -0.05) is 31.2 Å². The number of fused-ring (bicyclic) bond motifs is 5. The van der Waals surface area contributed by atoms with Gasteiger partial charge in [0.25, 0.3) is 0 Å². The number of alkyl halides is 3. The summed E-state index contributed by atoms with van der Waals surface area (Å²) < 4.78 is 45.0. The van der Waals surface area contributed by atoms with Crippen LogP contribution in [0, 0.1) is 17.3 Å². The van der Waals surface area contributed by atoms with Crippen molar-refractivity contribution in [3.05, 3.63) is 77.1 Å². The lowest BCUT2D eigenvalue weighted by atomic mass is 9.55. The summed E-state index contributed by atoms with van der Waals surface area (Å²) in [6.45, 7) is 3.24. The topological polar surface area (TPSA) is 41.5 Å². The molecule has 6 heteroatoms. The van der Waals surface area contributed by atoms with E-state index in [0.717, 1.165) is 43.8 Å². The van der Waals surface area contributed by atoms with Gasteiger partial charge in [-0.3, -0.25) is 0 Å². The zero-order valence-electron chi connectivity index (χ0n) is 20.2. The molecule has 2 saturated carbocycles. The van der Waals surface area contributed by atoms with Crippen LogP contribution in [0.4, 0.5) is 13.2 Å². The third-order valence-electron chi connectivity index (χ3n) is 8.96. The van der Waals surface area contributed by atoms with Crippen molar-refractivity contribution in [2.75, 3.05) is 6.61 Å². The minimum Gasteiger partial charge on any atom is -0.516 e. The molecule has 2 N–H and O–H groups in total. The molecule has 5 rings (SSSR count). The van der Waals surface area contributed by atoms with E-state index in [0.29, 0.717) is 42.5 Å². The molecule has 0 unspecified atom stereocenters. The van der Waals surface area contributed by atoms with Gasteiger partial charge in [-0.15, -0.1) is 0 Å². The predicted octanol–water partition coefficient (Wildman–Crippen LogP) is 7.17. The first-order valence-corrected chi connectivity index (χ1v) is 12.7. The highest BCUT2D eigenvalue weighted by Gasteiger charge is 2.54. The second-order valence-corrected chi connectivity index (χ2v) is 10.7. The van der Waals surface area contributed by atoms with Crippen LogP contribution in [0.25, 0.3) is 0 Å². The monoisotopic (exact) mass is 485 g/mol. The molecule has 2 fully saturated rings. The highest BCUT2D eigenvalue weighted by atomic mass is 19.4. The maximum absolute atomic E-state index is 13.1. The van der Waals surface area contributed by atoms with E-state index in [1.165, 1.54) is 36.1 Å². The Bertz CT molecular complexity index is 1080. The SMILES string of the molecule is C[C@]12CC[C@@H]3c4ccc(OCC=CO)cc4CC[C@H]3[C@@H]1CC[C@@H]2NCc1cccc(C(F)(F)F)c1. The first-order valence-electron chi connectivity index (χ1n) is 12.7. The summed E-state index contributed by atoms with van der Waals surface area (Å²) in [7, 11) is 0. The van der Waals surface area contributed by atoms with E-state index in [1.54, 1.807) is 12.1 Å². The van der Waals surface area contributed by atoms with Gasteiger partial charge in [-0.05, 0) is 103 Å². The van der Waals surface area contributed by atoms with Crippen molar-refractivity contribution >= 4 is 0 Å². The first kappa shape index (κ1) is 24.2. The van der Waals surface area contributed by atoms with Crippen LogP contribution in [-0.4, -0.2) is 17.8 Å². The predicted molar refractivity (Wildman–Crippen MR) is 130 cm³/mol. The lowest BCUT2D eigenvalue weighted by Gasteiger charge is -2.51. The standard InChI is InChI=1S/C29H34F3NO2/c1-28-13-12-24-23-9-7-22(35-15-3-14-34)17-20(23)6-8-25(24)26(28)10-11-27(28)33-18-19-4-2-5-21(16-19)29(30,31)32/h2-5,7,9,14,16-17,24-27,33-34H,6,8,10-13,15,18H2,1H3/t24-,25-,26+,27+,28+/m1/s1. The first-order chi connectivity index (χ1) is 16.8. The molecule has 0 radical (unpaired) electrons. The fourth-order valence-corrected chi connectivity index (χ4v) is 7.27. The number of ether oxygens (including phenoxy) is 1. The maximum atomic E-state index is 13.1. The lowest BCUT2D eigenvalue weighted by molar-refractivity contribution is -0.137. The molecule has 0 saturated heterocycles. The second kappa shape index (κ2) is 9.53. The Hall–Kier alpha value is -2.47. The van der Waals surface area contributed by atoms with Crippen LogP contribution in [0.1, 0.15) is 67.2 Å². The van der Waals surface area contributed by atoms with E-state index in [1.807, 2.05) is 6.07 Å². The molecule has 2 aromatic carbocycles. The van der Waals surface area contributed by atoms with Gasteiger partial charge < -0.3 is 15.2 Å². The minimum absolute atomic E-state index is 0.181. The normalized spacial score (nSPS) is 30.1. The number of aryl methyl sites for hydroxylation is 1. The van der Waals surface area contributed by atoms with Crippen molar-refractivity contribution in [3.63, 3.8) is 0 Å². The Labute approximate surface area is 205 Å². The second-order valence-electron chi connectivity index (χ2n) is 10.7. The largest absolute Gasteiger partial charge is 0.516 e. The molecule has 0 heterocycles. The van der Waals surface area contributed by atoms with Crippen LogP contribution in [0.5, 0.6) is 5.75 Å². The molecule has 0 aromatic heterocycles. The van der Waals surface area contributed by atoms with Crippen LogP contribution in [0.2, 0.25) is 0 Å². The molecule has 188 valence electrons. The zero-order valence-corrected chi connectivity index (χ0v) is 20.2. The number of aliphatic hydroxyl groups is 1. The van der Waals surface area contributed by atoms with Crippen molar-refractivity contribution in [1.82, 2.24) is 5.32 Å². The van der Waals surface area contributed by atoms with Gasteiger partial charge in [0.2, 0.25) is 0 Å². The number of rotatable bonds is 6. The molecule has 3 nitrogen and oxygen atoms in total. The molecule has 2 aromatic rings.